The van der Waals surface area contributed by atoms with E-state index in [1.807, 2.05) is 34.5 Å². The average molecular weight is 349 g/mol. The van der Waals surface area contributed by atoms with Crippen molar-refractivity contribution in [1.29, 1.82) is 0 Å². The minimum atomic E-state index is -0.258. The maximum absolute atomic E-state index is 12.9. The van der Waals surface area contributed by atoms with Gasteiger partial charge in [-0.15, -0.1) is 11.3 Å². The summed E-state index contributed by atoms with van der Waals surface area (Å²) in [6.07, 6.45) is 1.49. The molecule has 0 spiro atoms. The number of rotatable bonds is 4. The number of pyridine rings is 1. The summed E-state index contributed by atoms with van der Waals surface area (Å²) in [5.41, 5.74) is 4.93. The van der Waals surface area contributed by atoms with Gasteiger partial charge >= 0.3 is 0 Å². The van der Waals surface area contributed by atoms with Crippen molar-refractivity contribution in [2.75, 3.05) is 5.32 Å². The van der Waals surface area contributed by atoms with E-state index in [-0.39, 0.29) is 12.1 Å². The van der Waals surface area contributed by atoms with Crippen LogP contribution in [-0.4, -0.2) is 15.8 Å². The highest BCUT2D eigenvalue weighted by molar-refractivity contribution is 7.09. The third-order valence-electron chi connectivity index (χ3n) is 4.70. The molecule has 5 heteroatoms. The van der Waals surface area contributed by atoms with Gasteiger partial charge in [-0.05, 0) is 54.6 Å². The number of aryl methyl sites for hydroxylation is 1. The summed E-state index contributed by atoms with van der Waals surface area (Å²) in [7, 11) is 0. The quantitative estimate of drug-likeness (QED) is 0.753. The van der Waals surface area contributed by atoms with Crippen molar-refractivity contribution in [2.24, 2.45) is 0 Å². The maximum Gasteiger partial charge on any atom is 0.258 e. The van der Waals surface area contributed by atoms with Crippen LogP contribution in [0.25, 0.3) is 0 Å². The van der Waals surface area contributed by atoms with E-state index in [0.29, 0.717) is 12.1 Å². The topological polar surface area (TPSA) is 45.2 Å². The molecule has 0 radical (unpaired) electrons. The molecule has 3 heterocycles. The molecule has 1 N–H and O–H groups in total. The number of hydrogen-bond acceptors (Lipinski definition) is 4. The van der Waals surface area contributed by atoms with E-state index < -0.39 is 0 Å². The van der Waals surface area contributed by atoms with Gasteiger partial charge in [0.05, 0.1) is 17.8 Å². The molecule has 126 valence electrons. The van der Waals surface area contributed by atoms with Gasteiger partial charge in [0.1, 0.15) is 6.17 Å². The second-order valence-electron chi connectivity index (χ2n) is 6.24. The number of carbonyl (C=O) groups is 1. The van der Waals surface area contributed by atoms with Gasteiger partial charge in [-0.1, -0.05) is 18.2 Å². The highest BCUT2D eigenvalue weighted by Gasteiger charge is 2.38. The number of anilines is 1. The second kappa shape index (κ2) is 6.33. The maximum atomic E-state index is 12.9. The predicted octanol–water partition coefficient (Wildman–Crippen LogP) is 4.53. The van der Waals surface area contributed by atoms with Crippen LogP contribution in [-0.2, 0) is 6.54 Å². The Bertz CT molecular complexity index is 920. The zero-order valence-electron chi connectivity index (χ0n) is 14.2. The van der Waals surface area contributed by atoms with E-state index in [0.717, 1.165) is 16.3 Å². The Balaban J connectivity index is 1.73. The molecular weight excluding hydrogens is 330 g/mol. The van der Waals surface area contributed by atoms with Crippen molar-refractivity contribution in [3.63, 3.8) is 0 Å². The Labute approximate surface area is 151 Å². The second-order valence-corrected chi connectivity index (χ2v) is 7.28. The molecule has 1 aromatic carbocycles. The van der Waals surface area contributed by atoms with Crippen molar-refractivity contribution in [1.82, 2.24) is 9.88 Å². The number of hydrogen-bond donors (Lipinski definition) is 1. The Kier molecular flexibility index (Phi) is 4.01. The van der Waals surface area contributed by atoms with E-state index >= 15 is 0 Å². The fourth-order valence-corrected chi connectivity index (χ4v) is 3.87. The summed E-state index contributed by atoms with van der Waals surface area (Å²) < 4.78 is 0. The summed E-state index contributed by atoms with van der Waals surface area (Å²) in [5, 5.41) is 5.58. The summed E-state index contributed by atoms with van der Waals surface area (Å²) in [6.45, 7) is 4.77. The fourth-order valence-electron chi connectivity index (χ4n) is 3.17. The lowest BCUT2D eigenvalue weighted by atomic mass is 10.1. The van der Waals surface area contributed by atoms with Crippen LogP contribution < -0.4 is 5.32 Å². The SMILES string of the molecule is Cc1cccc(N[C@H]2c3ncccc3C(=O)N2Cc2cccs2)c1C. The summed E-state index contributed by atoms with van der Waals surface area (Å²) in [5.74, 6) is 0.0271. The van der Waals surface area contributed by atoms with Gasteiger partial charge in [-0.25, -0.2) is 0 Å². The number of carbonyl (C=O) groups excluding carboxylic acids is 1. The molecule has 3 aromatic rings. The van der Waals surface area contributed by atoms with Gasteiger partial charge in [0, 0.05) is 16.8 Å². The van der Waals surface area contributed by atoms with Crippen molar-refractivity contribution in [3.05, 3.63) is 81.3 Å². The monoisotopic (exact) mass is 349 g/mol. The molecule has 0 fully saturated rings. The van der Waals surface area contributed by atoms with Gasteiger partial charge < -0.3 is 10.2 Å². The highest BCUT2D eigenvalue weighted by Crippen LogP contribution is 2.35. The van der Waals surface area contributed by atoms with Crippen LogP contribution in [0.3, 0.4) is 0 Å². The van der Waals surface area contributed by atoms with Crippen molar-refractivity contribution >= 4 is 22.9 Å². The molecule has 25 heavy (non-hydrogen) atoms. The molecule has 1 amide bonds. The van der Waals surface area contributed by atoms with E-state index in [1.165, 1.54) is 11.1 Å². The van der Waals surface area contributed by atoms with Gasteiger partial charge in [0.15, 0.2) is 0 Å². The van der Waals surface area contributed by atoms with E-state index in [2.05, 4.69) is 42.3 Å². The molecule has 0 unspecified atom stereocenters. The van der Waals surface area contributed by atoms with Crippen LogP contribution in [0, 0.1) is 13.8 Å². The normalized spacial score (nSPS) is 16.2. The number of thiophene rings is 1. The van der Waals surface area contributed by atoms with Gasteiger partial charge in [0.25, 0.3) is 5.91 Å². The van der Waals surface area contributed by atoms with E-state index in [9.17, 15) is 4.79 Å². The third-order valence-corrected chi connectivity index (χ3v) is 5.56. The molecule has 0 saturated heterocycles. The molecular formula is C20H19N3OS. The van der Waals surface area contributed by atoms with Crippen LogP contribution >= 0.6 is 11.3 Å². The largest absolute Gasteiger partial charge is 0.360 e. The molecule has 4 nitrogen and oxygen atoms in total. The summed E-state index contributed by atoms with van der Waals surface area (Å²) in [4.78, 5) is 20.5. The molecule has 1 aliphatic rings. The van der Waals surface area contributed by atoms with Crippen LogP contribution in [0.2, 0.25) is 0 Å². The number of fused-ring (bicyclic) bond motifs is 1. The molecule has 0 bridgehead atoms. The van der Waals surface area contributed by atoms with Crippen LogP contribution in [0.5, 0.6) is 0 Å². The zero-order chi connectivity index (χ0) is 17.4. The Morgan fingerprint density at radius 1 is 1.16 bits per heavy atom. The minimum absolute atomic E-state index is 0.0271. The van der Waals surface area contributed by atoms with Crippen LogP contribution in [0.4, 0.5) is 5.69 Å². The first-order valence-electron chi connectivity index (χ1n) is 8.26. The molecule has 4 rings (SSSR count). The van der Waals surface area contributed by atoms with Crippen molar-refractivity contribution in [2.45, 2.75) is 26.6 Å². The van der Waals surface area contributed by atoms with E-state index in [4.69, 9.17) is 0 Å². The number of nitrogens with zero attached hydrogens (tertiary/aromatic N) is 2. The lowest BCUT2D eigenvalue weighted by molar-refractivity contribution is 0.0729. The first-order valence-corrected chi connectivity index (χ1v) is 9.14. The average Bonchev–Trinajstić information content (AvgIpc) is 3.22. The third kappa shape index (κ3) is 2.81. The first-order chi connectivity index (χ1) is 12.1. The first kappa shape index (κ1) is 15.8. The minimum Gasteiger partial charge on any atom is -0.360 e. The summed E-state index contributed by atoms with van der Waals surface area (Å²) in [6, 6.07) is 13.9. The van der Waals surface area contributed by atoms with Gasteiger partial charge in [-0.2, -0.15) is 0 Å². The predicted molar refractivity (Wildman–Crippen MR) is 101 cm³/mol. The lowest BCUT2D eigenvalue weighted by Gasteiger charge is -2.27. The number of amides is 1. The molecule has 0 saturated carbocycles. The van der Waals surface area contributed by atoms with Crippen LogP contribution in [0.15, 0.2) is 54.0 Å². The molecule has 2 aromatic heterocycles. The van der Waals surface area contributed by atoms with Gasteiger partial charge in [-0.3, -0.25) is 9.78 Å². The highest BCUT2D eigenvalue weighted by atomic mass is 32.1. The number of nitrogens with one attached hydrogen (secondary N) is 1. The Morgan fingerprint density at radius 2 is 2.04 bits per heavy atom. The van der Waals surface area contributed by atoms with Crippen LogP contribution in [0.1, 0.15) is 38.2 Å². The lowest BCUT2D eigenvalue weighted by Crippen LogP contribution is -2.32. The Hall–Kier alpha value is -2.66. The molecule has 1 aliphatic heterocycles. The standard InChI is InChI=1S/C20H19N3OS/c1-13-6-3-9-17(14(13)2)22-19-18-16(8-4-10-21-18)20(24)23(19)12-15-7-5-11-25-15/h3-11,19,22H,12H2,1-2H3/t19-/m1/s1. The number of aromatic nitrogens is 1. The summed E-state index contributed by atoms with van der Waals surface area (Å²) >= 11 is 1.66. The van der Waals surface area contributed by atoms with Gasteiger partial charge in [0.2, 0.25) is 0 Å². The smallest absolute Gasteiger partial charge is 0.258 e. The van der Waals surface area contributed by atoms with Crippen molar-refractivity contribution < 1.29 is 4.79 Å². The molecule has 0 aliphatic carbocycles. The fraction of sp³-hybridized carbons (Fsp3) is 0.200. The molecule has 1 atom stereocenters. The Morgan fingerprint density at radius 3 is 2.84 bits per heavy atom. The zero-order valence-corrected chi connectivity index (χ0v) is 15.0. The number of benzene rings is 1. The van der Waals surface area contributed by atoms with E-state index in [1.54, 1.807) is 17.5 Å². The van der Waals surface area contributed by atoms with Crippen molar-refractivity contribution in [3.8, 4) is 0 Å².